The molecule has 0 aliphatic carbocycles. The fourth-order valence-corrected chi connectivity index (χ4v) is 3.34. The second-order valence-electron chi connectivity index (χ2n) is 5.25. The van der Waals surface area contributed by atoms with Crippen LogP contribution in [0, 0.1) is 5.82 Å². The fraction of sp³-hybridized carbons (Fsp3) is 0.0556. The standard InChI is InChI=1S/C18H13FN2OS/c19-16-3-1-2-14(15(16)10-22)12-4-5-18-20-17(9-21(18)8-12)13-6-7-23-11-13/h1-9,11,22H,10H2. The third kappa shape index (κ3) is 2.44. The third-order valence-electron chi connectivity index (χ3n) is 3.86. The van der Waals surface area contributed by atoms with Gasteiger partial charge in [0.1, 0.15) is 11.5 Å². The van der Waals surface area contributed by atoms with Gasteiger partial charge in [-0.3, -0.25) is 0 Å². The summed E-state index contributed by atoms with van der Waals surface area (Å²) in [6.45, 7) is -0.329. The maximum absolute atomic E-state index is 13.9. The number of aromatic nitrogens is 2. The molecule has 5 heteroatoms. The van der Waals surface area contributed by atoms with Crippen molar-refractivity contribution in [1.29, 1.82) is 0 Å². The topological polar surface area (TPSA) is 37.5 Å². The largest absolute Gasteiger partial charge is 0.392 e. The Labute approximate surface area is 136 Å². The fourth-order valence-electron chi connectivity index (χ4n) is 2.69. The smallest absolute Gasteiger partial charge is 0.137 e. The van der Waals surface area contributed by atoms with E-state index in [9.17, 15) is 9.50 Å². The van der Waals surface area contributed by atoms with E-state index in [0.717, 1.165) is 22.5 Å². The molecule has 0 aliphatic rings. The Hall–Kier alpha value is -2.50. The maximum atomic E-state index is 13.9. The minimum atomic E-state index is -0.394. The summed E-state index contributed by atoms with van der Waals surface area (Å²) in [5.41, 5.74) is 4.67. The molecule has 3 heterocycles. The van der Waals surface area contributed by atoms with Crippen molar-refractivity contribution in [2.24, 2.45) is 0 Å². The van der Waals surface area contributed by atoms with Gasteiger partial charge in [0.25, 0.3) is 0 Å². The first kappa shape index (κ1) is 14.1. The first-order valence-corrected chi connectivity index (χ1v) is 8.10. The second-order valence-corrected chi connectivity index (χ2v) is 6.03. The zero-order valence-electron chi connectivity index (χ0n) is 12.1. The highest BCUT2D eigenvalue weighted by atomic mass is 32.1. The van der Waals surface area contributed by atoms with Crippen LogP contribution in [0.2, 0.25) is 0 Å². The molecule has 114 valence electrons. The van der Waals surface area contributed by atoms with Gasteiger partial charge in [0.05, 0.1) is 12.3 Å². The number of aliphatic hydroxyl groups excluding tert-OH is 1. The molecule has 3 nitrogen and oxygen atoms in total. The molecule has 0 atom stereocenters. The van der Waals surface area contributed by atoms with Crippen LogP contribution in [0.1, 0.15) is 5.56 Å². The van der Waals surface area contributed by atoms with E-state index >= 15 is 0 Å². The number of imidazole rings is 1. The second kappa shape index (κ2) is 5.61. The van der Waals surface area contributed by atoms with E-state index in [-0.39, 0.29) is 6.61 Å². The molecule has 0 spiro atoms. The van der Waals surface area contributed by atoms with E-state index < -0.39 is 5.82 Å². The Balaban J connectivity index is 1.85. The molecule has 1 aromatic carbocycles. The number of pyridine rings is 1. The van der Waals surface area contributed by atoms with Crippen LogP contribution in [0.25, 0.3) is 28.0 Å². The van der Waals surface area contributed by atoms with Crippen molar-refractivity contribution in [2.75, 3.05) is 0 Å². The zero-order valence-corrected chi connectivity index (χ0v) is 12.9. The average Bonchev–Trinajstić information content (AvgIpc) is 3.22. The molecule has 0 amide bonds. The summed E-state index contributed by atoms with van der Waals surface area (Å²) < 4.78 is 15.8. The lowest BCUT2D eigenvalue weighted by Gasteiger charge is -2.09. The highest BCUT2D eigenvalue weighted by molar-refractivity contribution is 7.08. The molecule has 0 bridgehead atoms. The summed E-state index contributed by atoms with van der Waals surface area (Å²) in [6, 6.07) is 10.7. The van der Waals surface area contributed by atoms with Crippen LogP contribution < -0.4 is 0 Å². The van der Waals surface area contributed by atoms with Gasteiger partial charge in [-0.05, 0) is 40.8 Å². The number of thiophene rings is 1. The first-order valence-electron chi connectivity index (χ1n) is 7.16. The Morgan fingerprint density at radius 2 is 2.00 bits per heavy atom. The van der Waals surface area contributed by atoms with Crippen molar-refractivity contribution < 1.29 is 9.50 Å². The van der Waals surface area contributed by atoms with Crippen molar-refractivity contribution >= 4 is 17.0 Å². The molecule has 4 rings (SSSR count). The number of hydrogen-bond donors (Lipinski definition) is 1. The minimum Gasteiger partial charge on any atom is -0.392 e. The molecule has 0 saturated carbocycles. The Bertz CT molecular complexity index is 976. The highest BCUT2D eigenvalue weighted by Crippen LogP contribution is 2.28. The molecule has 0 unspecified atom stereocenters. The molecule has 3 aromatic heterocycles. The lowest BCUT2D eigenvalue weighted by Crippen LogP contribution is -1.95. The monoisotopic (exact) mass is 324 g/mol. The Morgan fingerprint density at radius 3 is 2.78 bits per heavy atom. The van der Waals surface area contributed by atoms with Gasteiger partial charge in [-0.1, -0.05) is 12.1 Å². The molecule has 0 aliphatic heterocycles. The maximum Gasteiger partial charge on any atom is 0.137 e. The summed E-state index contributed by atoms with van der Waals surface area (Å²) in [6.07, 6.45) is 3.87. The summed E-state index contributed by atoms with van der Waals surface area (Å²) in [5, 5.41) is 13.5. The Morgan fingerprint density at radius 1 is 1.09 bits per heavy atom. The van der Waals surface area contributed by atoms with Crippen molar-refractivity contribution in [2.45, 2.75) is 6.61 Å². The molecule has 0 radical (unpaired) electrons. The third-order valence-corrected chi connectivity index (χ3v) is 4.54. The van der Waals surface area contributed by atoms with E-state index in [1.165, 1.54) is 6.07 Å². The molecular formula is C18H13FN2OS. The van der Waals surface area contributed by atoms with Gasteiger partial charge >= 0.3 is 0 Å². The summed E-state index contributed by atoms with van der Waals surface area (Å²) in [4.78, 5) is 4.60. The summed E-state index contributed by atoms with van der Waals surface area (Å²) in [5.74, 6) is -0.394. The van der Waals surface area contributed by atoms with Crippen LogP contribution in [0.5, 0.6) is 0 Å². The number of aliphatic hydroxyl groups is 1. The van der Waals surface area contributed by atoms with E-state index in [4.69, 9.17) is 0 Å². The lowest BCUT2D eigenvalue weighted by atomic mass is 10.0. The lowest BCUT2D eigenvalue weighted by molar-refractivity contribution is 0.276. The molecule has 0 saturated heterocycles. The van der Waals surface area contributed by atoms with Gasteiger partial charge in [-0.2, -0.15) is 11.3 Å². The first-order chi connectivity index (χ1) is 11.3. The number of nitrogens with zero attached hydrogens (tertiary/aromatic N) is 2. The van der Waals surface area contributed by atoms with Gasteiger partial charge in [0, 0.05) is 28.9 Å². The minimum absolute atomic E-state index is 0.310. The number of fused-ring (bicyclic) bond motifs is 1. The summed E-state index contributed by atoms with van der Waals surface area (Å²) in [7, 11) is 0. The van der Waals surface area contributed by atoms with Gasteiger partial charge in [0.15, 0.2) is 0 Å². The van der Waals surface area contributed by atoms with Crippen LogP contribution in [-0.2, 0) is 6.61 Å². The van der Waals surface area contributed by atoms with E-state index in [1.54, 1.807) is 17.4 Å². The molecule has 0 fully saturated rings. The Kier molecular flexibility index (Phi) is 3.44. The van der Waals surface area contributed by atoms with E-state index in [1.807, 2.05) is 46.4 Å². The van der Waals surface area contributed by atoms with Gasteiger partial charge in [-0.15, -0.1) is 0 Å². The van der Waals surface area contributed by atoms with Crippen LogP contribution in [0.15, 0.2) is 59.6 Å². The van der Waals surface area contributed by atoms with Crippen molar-refractivity contribution in [1.82, 2.24) is 9.38 Å². The van der Waals surface area contributed by atoms with E-state index in [0.29, 0.717) is 11.1 Å². The molecule has 4 aromatic rings. The van der Waals surface area contributed by atoms with Crippen LogP contribution in [0.3, 0.4) is 0 Å². The number of hydrogen-bond acceptors (Lipinski definition) is 3. The summed E-state index contributed by atoms with van der Waals surface area (Å²) >= 11 is 1.63. The number of benzene rings is 1. The molecular weight excluding hydrogens is 311 g/mol. The predicted molar refractivity (Wildman–Crippen MR) is 89.8 cm³/mol. The van der Waals surface area contributed by atoms with Crippen LogP contribution in [-0.4, -0.2) is 14.5 Å². The predicted octanol–water partition coefficient (Wildman–Crippen LogP) is 4.36. The van der Waals surface area contributed by atoms with E-state index in [2.05, 4.69) is 10.4 Å². The van der Waals surface area contributed by atoms with Gasteiger partial charge in [-0.25, -0.2) is 9.37 Å². The van der Waals surface area contributed by atoms with Gasteiger partial charge < -0.3 is 9.51 Å². The van der Waals surface area contributed by atoms with Crippen molar-refractivity contribution in [3.8, 4) is 22.4 Å². The van der Waals surface area contributed by atoms with Crippen molar-refractivity contribution in [3.63, 3.8) is 0 Å². The SMILES string of the molecule is OCc1c(F)cccc1-c1ccc2nc(-c3ccsc3)cn2c1. The van der Waals surface area contributed by atoms with Crippen LogP contribution >= 0.6 is 11.3 Å². The highest BCUT2D eigenvalue weighted by Gasteiger charge is 2.11. The van der Waals surface area contributed by atoms with Crippen molar-refractivity contribution in [3.05, 3.63) is 70.9 Å². The molecule has 1 N–H and O–H groups in total. The average molecular weight is 324 g/mol. The number of rotatable bonds is 3. The quantitative estimate of drug-likeness (QED) is 0.608. The normalized spacial score (nSPS) is 11.2. The molecule has 23 heavy (non-hydrogen) atoms. The van der Waals surface area contributed by atoms with Crippen LogP contribution in [0.4, 0.5) is 4.39 Å². The zero-order chi connectivity index (χ0) is 15.8. The van der Waals surface area contributed by atoms with Gasteiger partial charge in [0.2, 0.25) is 0 Å². The number of halogens is 1.